The molecule has 1 saturated heterocycles. The summed E-state index contributed by atoms with van der Waals surface area (Å²) >= 11 is 0. The Morgan fingerprint density at radius 2 is 1.58 bits per heavy atom. The molecule has 0 aliphatic carbocycles. The minimum Gasteiger partial charge on any atom is -0.311 e. The highest BCUT2D eigenvalue weighted by Gasteiger charge is 2.26. The number of piperidine rings is 1. The van der Waals surface area contributed by atoms with Crippen molar-refractivity contribution in [1.29, 1.82) is 0 Å². The van der Waals surface area contributed by atoms with Gasteiger partial charge < -0.3 is 5.32 Å². The SMILES string of the molecule is CCC(C)c1cccc(C(C)CCCC(C)C2CCCC(C(C)C)N2)c1. The van der Waals surface area contributed by atoms with E-state index in [1.165, 1.54) is 56.1 Å². The van der Waals surface area contributed by atoms with Gasteiger partial charge in [0.05, 0.1) is 0 Å². The van der Waals surface area contributed by atoms with Crippen molar-refractivity contribution in [2.75, 3.05) is 0 Å². The van der Waals surface area contributed by atoms with Crippen LogP contribution in [0, 0.1) is 11.8 Å². The lowest BCUT2D eigenvalue weighted by molar-refractivity contribution is 0.214. The van der Waals surface area contributed by atoms with Crippen LogP contribution in [0.1, 0.15) is 109 Å². The van der Waals surface area contributed by atoms with Crippen molar-refractivity contribution in [2.45, 2.75) is 110 Å². The second kappa shape index (κ2) is 10.5. The molecule has 1 heterocycles. The molecule has 1 heteroatoms. The van der Waals surface area contributed by atoms with Crippen LogP contribution in [0.4, 0.5) is 0 Å². The highest BCUT2D eigenvalue weighted by atomic mass is 15.0. The van der Waals surface area contributed by atoms with E-state index < -0.39 is 0 Å². The molecule has 1 nitrogen and oxygen atoms in total. The van der Waals surface area contributed by atoms with Crippen molar-refractivity contribution < 1.29 is 0 Å². The van der Waals surface area contributed by atoms with Gasteiger partial charge in [0.25, 0.3) is 0 Å². The van der Waals surface area contributed by atoms with Crippen LogP contribution in [0.3, 0.4) is 0 Å². The lowest BCUT2D eigenvalue weighted by Crippen LogP contribution is -2.47. The van der Waals surface area contributed by atoms with E-state index in [-0.39, 0.29) is 0 Å². The van der Waals surface area contributed by atoms with Crippen molar-refractivity contribution in [3.05, 3.63) is 35.4 Å². The normalized spacial score (nSPS) is 24.4. The van der Waals surface area contributed by atoms with Gasteiger partial charge in [0.15, 0.2) is 0 Å². The third-order valence-electron chi connectivity index (χ3n) is 6.91. The predicted octanol–water partition coefficient (Wildman–Crippen LogP) is 7.28. The molecule has 5 unspecified atom stereocenters. The molecule has 1 N–H and O–H groups in total. The zero-order valence-corrected chi connectivity index (χ0v) is 18.2. The van der Waals surface area contributed by atoms with E-state index in [0.29, 0.717) is 11.8 Å². The van der Waals surface area contributed by atoms with Crippen molar-refractivity contribution in [3.63, 3.8) is 0 Å². The van der Waals surface area contributed by atoms with E-state index in [0.717, 1.165) is 23.9 Å². The predicted molar refractivity (Wildman–Crippen MR) is 116 cm³/mol. The van der Waals surface area contributed by atoms with Crippen LogP contribution in [0.2, 0.25) is 0 Å². The Labute approximate surface area is 163 Å². The van der Waals surface area contributed by atoms with Gasteiger partial charge in [-0.15, -0.1) is 0 Å². The smallest absolute Gasteiger partial charge is 0.00954 e. The Kier molecular flexibility index (Phi) is 8.67. The summed E-state index contributed by atoms with van der Waals surface area (Å²) in [5, 5.41) is 3.95. The van der Waals surface area contributed by atoms with Crippen LogP contribution in [0.15, 0.2) is 24.3 Å². The van der Waals surface area contributed by atoms with Crippen LogP contribution in [0.5, 0.6) is 0 Å². The van der Waals surface area contributed by atoms with E-state index in [4.69, 9.17) is 0 Å². The summed E-state index contributed by atoms with van der Waals surface area (Å²) in [5.41, 5.74) is 3.04. The van der Waals surface area contributed by atoms with Crippen LogP contribution >= 0.6 is 0 Å². The number of benzene rings is 1. The topological polar surface area (TPSA) is 12.0 Å². The van der Waals surface area contributed by atoms with Gasteiger partial charge in [-0.05, 0) is 66.9 Å². The minimum absolute atomic E-state index is 0.674. The van der Waals surface area contributed by atoms with Crippen molar-refractivity contribution in [2.24, 2.45) is 11.8 Å². The Balaban J connectivity index is 1.79. The summed E-state index contributed by atoms with van der Waals surface area (Å²) in [7, 11) is 0. The molecule has 148 valence electrons. The average Bonchev–Trinajstić information content (AvgIpc) is 2.67. The minimum atomic E-state index is 0.674. The first-order valence-electron chi connectivity index (χ1n) is 11.3. The number of hydrogen-bond donors (Lipinski definition) is 1. The second-order valence-electron chi connectivity index (χ2n) is 9.34. The Hall–Kier alpha value is -0.820. The van der Waals surface area contributed by atoms with Gasteiger partial charge in [-0.25, -0.2) is 0 Å². The van der Waals surface area contributed by atoms with Gasteiger partial charge >= 0.3 is 0 Å². The van der Waals surface area contributed by atoms with Crippen LogP contribution < -0.4 is 5.32 Å². The van der Waals surface area contributed by atoms with Gasteiger partial charge in [-0.2, -0.15) is 0 Å². The molecule has 0 spiro atoms. The molecule has 0 bridgehead atoms. The summed E-state index contributed by atoms with van der Waals surface area (Å²) in [6.45, 7) is 14.2. The molecule has 1 fully saturated rings. The first-order chi connectivity index (χ1) is 12.4. The number of rotatable bonds is 9. The van der Waals surface area contributed by atoms with Crippen LogP contribution in [0.25, 0.3) is 0 Å². The monoisotopic (exact) mass is 357 g/mol. The molecule has 0 radical (unpaired) electrons. The summed E-state index contributed by atoms with van der Waals surface area (Å²) in [6.07, 6.45) is 9.39. The van der Waals surface area contributed by atoms with Gasteiger partial charge in [0.1, 0.15) is 0 Å². The Morgan fingerprint density at radius 1 is 0.923 bits per heavy atom. The largest absolute Gasteiger partial charge is 0.311 e. The quantitative estimate of drug-likeness (QED) is 0.489. The fourth-order valence-electron chi connectivity index (χ4n) is 4.50. The number of hydrogen-bond acceptors (Lipinski definition) is 1. The van der Waals surface area contributed by atoms with E-state index in [9.17, 15) is 0 Å². The third-order valence-corrected chi connectivity index (χ3v) is 6.91. The van der Waals surface area contributed by atoms with Crippen LogP contribution in [-0.4, -0.2) is 12.1 Å². The van der Waals surface area contributed by atoms with E-state index in [1.807, 2.05) is 0 Å². The third kappa shape index (κ3) is 6.12. The lowest BCUT2D eigenvalue weighted by Gasteiger charge is -2.37. The van der Waals surface area contributed by atoms with Gasteiger partial charge in [-0.1, -0.05) is 78.6 Å². The molecule has 26 heavy (non-hydrogen) atoms. The zero-order chi connectivity index (χ0) is 19.1. The van der Waals surface area contributed by atoms with Crippen LogP contribution in [-0.2, 0) is 0 Å². The standard InChI is InChI=1S/C25H43N/c1-7-19(4)22-13-9-14-23(17-22)20(5)11-8-12-21(6)25-16-10-15-24(26-25)18(2)3/h9,13-14,17-21,24-26H,7-8,10-12,15-16H2,1-6H3. The molecular formula is C25H43N. The first kappa shape index (κ1) is 21.5. The van der Waals surface area contributed by atoms with E-state index in [2.05, 4.69) is 71.1 Å². The molecule has 1 aromatic carbocycles. The summed E-state index contributed by atoms with van der Waals surface area (Å²) in [5.74, 6) is 2.92. The van der Waals surface area contributed by atoms with Gasteiger partial charge in [0.2, 0.25) is 0 Å². The van der Waals surface area contributed by atoms with Crippen molar-refractivity contribution in [3.8, 4) is 0 Å². The summed E-state index contributed by atoms with van der Waals surface area (Å²) in [6, 6.07) is 10.8. The zero-order valence-electron chi connectivity index (χ0n) is 18.2. The molecule has 0 saturated carbocycles. The Morgan fingerprint density at radius 3 is 2.23 bits per heavy atom. The molecule has 2 rings (SSSR count). The summed E-state index contributed by atoms with van der Waals surface area (Å²) in [4.78, 5) is 0. The molecular weight excluding hydrogens is 314 g/mol. The Bertz CT molecular complexity index is 521. The van der Waals surface area contributed by atoms with Crippen molar-refractivity contribution >= 4 is 0 Å². The fourth-order valence-corrected chi connectivity index (χ4v) is 4.50. The molecule has 0 aromatic heterocycles. The highest BCUT2D eigenvalue weighted by molar-refractivity contribution is 5.28. The van der Waals surface area contributed by atoms with Gasteiger partial charge in [0, 0.05) is 12.1 Å². The first-order valence-corrected chi connectivity index (χ1v) is 11.3. The molecule has 1 aromatic rings. The summed E-state index contributed by atoms with van der Waals surface area (Å²) < 4.78 is 0. The van der Waals surface area contributed by atoms with Crippen molar-refractivity contribution in [1.82, 2.24) is 5.32 Å². The van der Waals surface area contributed by atoms with E-state index in [1.54, 1.807) is 0 Å². The average molecular weight is 358 g/mol. The maximum Gasteiger partial charge on any atom is 0.00954 e. The van der Waals surface area contributed by atoms with E-state index >= 15 is 0 Å². The molecule has 5 atom stereocenters. The maximum atomic E-state index is 3.95. The second-order valence-corrected chi connectivity index (χ2v) is 9.34. The number of nitrogens with one attached hydrogen (secondary N) is 1. The maximum absolute atomic E-state index is 3.95. The highest BCUT2D eigenvalue weighted by Crippen LogP contribution is 2.29. The molecule has 1 aliphatic heterocycles. The molecule has 0 amide bonds. The fraction of sp³-hybridized carbons (Fsp3) is 0.760. The van der Waals surface area contributed by atoms with Gasteiger partial charge in [-0.3, -0.25) is 0 Å². The molecule has 1 aliphatic rings. The lowest BCUT2D eigenvalue weighted by atomic mass is 9.83.